The van der Waals surface area contributed by atoms with E-state index in [4.69, 9.17) is 32.5 Å². The molecule has 2 aromatic rings. The number of aryl methyl sites for hydroxylation is 1. The number of ether oxygens (including phenoxy) is 1. The molecule has 0 radical (unpaired) electrons. The number of amides is 1. The number of methoxy groups -OCH3 is 1. The van der Waals surface area contributed by atoms with Gasteiger partial charge >= 0.3 is 0 Å². The number of nitrogens with one attached hydrogen (secondary N) is 1. The molecule has 1 aromatic heterocycles. The van der Waals surface area contributed by atoms with Gasteiger partial charge in [0, 0.05) is 12.1 Å². The van der Waals surface area contributed by atoms with Gasteiger partial charge in [0.1, 0.15) is 17.0 Å². The highest BCUT2D eigenvalue weighted by Crippen LogP contribution is 2.38. The quantitative estimate of drug-likeness (QED) is 0.632. The van der Waals surface area contributed by atoms with Crippen molar-refractivity contribution in [1.82, 2.24) is 10.5 Å². The van der Waals surface area contributed by atoms with Crippen LogP contribution in [0.4, 0.5) is 0 Å². The summed E-state index contributed by atoms with van der Waals surface area (Å²) in [7, 11) is 1.49. The first-order valence-electron chi connectivity index (χ1n) is 8.97. The first kappa shape index (κ1) is 19.8. The average molecular weight is 409 g/mol. The third-order valence-corrected chi connectivity index (χ3v) is 5.24. The second-order valence-corrected chi connectivity index (χ2v) is 7.36. The Labute approximate surface area is 168 Å². The van der Waals surface area contributed by atoms with Crippen molar-refractivity contribution in [1.29, 1.82) is 0 Å². The summed E-state index contributed by atoms with van der Waals surface area (Å²) in [6.45, 7) is 2.29. The normalized spacial score (nSPS) is 14.0. The molecule has 5 nitrogen and oxygen atoms in total. The fourth-order valence-corrected chi connectivity index (χ4v) is 3.93. The first-order chi connectivity index (χ1) is 13.0. The number of hydrogen-bond donors (Lipinski definition) is 1. The fraction of sp³-hybridized carbons (Fsp3) is 0.400. The summed E-state index contributed by atoms with van der Waals surface area (Å²) in [5.74, 6) is 0.611. The van der Waals surface area contributed by atoms with E-state index in [9.17, 15) is 4.79 Å². The molecule has 3 rings (SSSR count). The third-order valence-electron chi connectivity index (χ3n) is 4.68. The van der Waals surface area contributed by atoms with E-state index in [1.807, 2.05) is 0 Å². The van der Waals surface area contributed by atoms with Crippen LogP contribution in [0, 0.1) is 6.92 Å². The molecule has 1 heterocycles. The van der Waals surface area contributed by atoms with Crippen molar-refractivity contribution >= 4 is 29.1 Å². The second kappa shape index (κ2) is 8.81. The van der Waals surface area contributed by atoms with Crippen LogP contribution >= 0.6 is 23.2 Å². The van der Waals surface area contributed by atoms with E-state index in [-0.39, 0.29) is 5.91 Å². The Bertz CT molecular complexity index is 851. The number of carbonyl (C=O) groups excluding carboxylic acids is 1. The van der Waals surface area contributed by atoms with Crippen LogP contribution in [0.2, 0.25) is 10.0 Å². The minimum absolute atomic E-state index is 0.219. The van der Waals surface area contributed by atoms with Gasteiger partial charge in [0.25, 0.3) is 5.91 Å². The van der Waals surface area contributed by atoms with Gasteiger partial charge in [-0.1, -0.05) is 40.0 Å². The van der Waals surface area contributed by atoms with Crippen molar-refractivity contribution in [3.8, 4) is 17.0 Å². The molecule has 27 heavy (non-hydrogen) atoms. The smallest absolute Gasteiger partial charge is 0.257 e. The molecule has 0 bridgehead atoms. The van der Waals surface area contributed by atoms with Gasteiger partial charge in [-0.2, -0.15) is 0 Å². The highest BCUT2D eigenvalue weighted by Gasteiger charge is 2.23. The second-order valence-electron chi connectivity index (χ2n) is 6.55. The van der Waals surface area contributed by atoms with Gasteiger partial charge in [-0.25, -0.2) is 0 Å². The molecule has 0 saturated carbocycles. The van der Waals surface area contributed by atoms with Crippen molar-refractivity contribution < 1.29 is 14.1 Å². The van der Waals surface area contributed by atoms with E-state index in [1.165, 1.54) is 25.5 Å². The predicted octanol–water partition coefficient (Wildman–Crippen LogP) is 5.59. The largest absolute Gasteiger partial charge is 0.494 e. The molecule has 0 unspecified atom stereocenters. The van der Waals surface area contributed by atoms with Crippen LogP contribution in [0.3, 0.4) is 0 Å². The Hall–Kier alpha value is -1.98. The van der Waals surface area contributed by atoms with E-state index < -0.39 is 0 Å². The monoisotopic (exact) mass is 408 g/mol. The third kappa shape index (κ3) is 4.47. The molecule has 144 valence electrons. The molecular weight excluding hydrogens is 387 g/mol. The summed E-state index contributed by atoms with van der Waals surface area (Å²) in [6, 6.07) is 3.32. The summed E-state index contributed by atoms with van der Waals surface area (Å²) in [5.41, 5.74) is 2.82. The van der Waals surface area contributed by atoms with Gasteiger partial charge in [-0.3, -0.25) is 4.79 Å². The van der Waals surface area contributed by atoms with Gasteiger partial charge in [-0.05, 0) is 51.2 Å². The molecule has 0 spiro atoms. The van der Waals surface area contributed by atoms with Crippen molar-refractivity contribution in [2.45, 2.75) is 39.0 Å². The van der Waals surface area contributed by atoms with Crippen LogP contribution in [0.5, 0.6) is 5.75 Å². The average Bonchev–Trinajstić information content (AvgIpc) is 3.04. The van der Waals surface area contributed by atoms with E-state index >= 15 is 0 Å². The summed E-state index contributed by atoms with van der Waals surface area (Å²) in [6.07, 6.45) is 7.89. The van der Waals surface area contributed by atoms with Gasteiger partial charge in [0.05, 0.1) is 17.2 Å². The first-order valence-corrected chi connectivity index (χ1v) is 9.72. The van der Waals surface area contributed by atoms with Crippen LogP contribution in [0.25, 0.3) is 11.3 Å². The highest BCUT2D eigenvalue weighted by molar-refractivity contribution is 6.37. The lowest BCUT2D eigenvalue weighted by atomic mass is 9.97. The summed E-state index contributed by atoms with van der Waals surface area (Å²) < 4.78 is 10.4. The minimum Gasteiger partial charge on any atom is -0.494 e. The zero-order valence-electron chi connectivity index (χ0n) is 15.4. The van der Waals surface area contributed by atoms with Gasteiger partial charge < -0.3 is 14.6 Å². The molecular formula is C20H22Cl2N2O3. The van der Waals surface area contributed by atoms with Crippen molar-refractivity contribution in [3.63, 3.8) is 0 Å². The lowest BCUT2D eigenvalue weighted by Gasteiger charge is -2.13. The van der Waals surface area contributed by atoms with Gasteiger partial charge in [0.15, 0.2) is 5.75 Å². The lowest BCUT2D eigenvalue weighted by Crippen LogP contribution is -2.25. The Morgan fingerprint density at radius 2 is 2.04 bits per heavy atom. The number of rotatable bonds is 6. The minimum atomic E-state index is -0.219. The SMILES string of the molecule is COc1c(Cl)cc(-c2noc(C)c2C(=O)NCCC2=CCCCC2)cc1Cl. The molecule has 1 amide bonds. The number of hydrogen-bond acceptors (Lipinski definition) is 4. The standard InChI is InChI=1S/C20H22Cl2N2O3/c1-12-17(20(25)23-9-8-13-6-4-3-5-7-13)18(24-27-12)14-10-15(21)19(26-2)16(22)11-14/h6,10-11H,3-5,7-9H2,1-2H3,(H,23,25). The number of carbonyl (C=O) groups is 1. The fourth-order valence-electron chi connectivity index (χ4n) is 3.28. The Balaban J connectivity index is 1.78. The Kier molecular flexibility index (Phi) is 6.45. The lowest BCUT2D eigenvalue weighted by molar-refractivity contribution is 0.0953. The zero-order valence-corrected chi connectivity index (χ0v) is 16.9. The number of halogens is 2. The Morgan fingerprint density at radius 3 is 2.67 bits per heavy atom. The number of nitrogens with zero attached hydrogens (tertiary/aromatic N) is 1. The van der Waals surface area contributed by atoms with E-state index in [2.05, 4.69) is 16.5 Å². The van der Waals surface area contributed by atoms with Crippen LogP contribution in [0.1, 0.15) is 48.2 Å². The molecule has 1 aliphatic rings. The Morgan fingerprint density at radius 1 is 1.30 bits per heavy atom. The number of benzene rings is 1. The summed E-state index contributed by atoms with van der Waals surface area (Å²) in [5, 5.41) is 7.69. The van der Waals surface area contributed by atoms with Crippen LogP contribution in [0.15, 0.2) is 28.3 Å². The van der Waals surface area contributed by atoms with Crippen molar-refractivity contribution in [3.05, 3.63) is 45.2 Å². The molecule has 1 aromatic carbocycles. The predicted molar refractivity (Wildman–Crippen MR) is 107 cm³/mol. The summed E-state index contributed by atoms with van der Waals surface area (Å²) in [4.78, 5) is 12.7. The van der Waals surface area contributed by atoms with E-state index in [0.29, 0.717) is 44.9 Å². The van der Waals surface area contributed by atoms with Crippen LogP contribution < -0.4 is 10.1 Å². The zero-order chi connectivity index (χ0) is 19.4. The van der Waals surface area contributed by atoms with Crippen molar-refractivity contribution in [2.24, 2.45) is 0 Å². The maximum Gasteiger partial charge on any atom is 0.257 e. The molecule has 0 fully saturated rings. The highest BCUT2D eigenvalue weighted by atomic mass is 35.5. The number of aromatic nitrogens is 1. The molecule has 0 aliphatic heterocycles. The number of allylic oxidation sites excluding steroid dienone is 1. The molecule has 0 atom stereocenters. The van der Waals surface area contributed by atoms with E-state index in [0.717, 1.165) is 19.3 Å². The summed E-state index contributed by atoms with van der Waals surface area (Å²) >= 11 is 12.4. The molecule has 1 N–H and O–H groups in total. The van der Waals surface area contributed by atoms with Gasteiger partial charge in [0.2, 0.25) is 0 Å². The van der Waals surface area contributed by atoms with Crippen molar-refractivity contribution in [2.75, 3.05) is 13.7 Å². The van der Waals surface area contributed by atoms with E-state index in [1.54, 1.807) is 19.1 Å². The van der Waals surface area contributed by atoms with Crippen LogP contribution in [-0.2, 0) is 0 Å². The van der Waals surface area contributed by atoms with Crippen LogP contribution in [-0.4, -0.2) is 24.7 Å². The maximum absolute atomic E-state index is 12.7. The molecule has 1 aliphatic carbocycles. The maximum atomic E-state index is 12.7. The molecule has 7 heteroatoms. The topological polar surface area (TPSA) is 64.4 Å². The molecule has 0 saturated heterocycles. The van der Waals surface area contributed by atoms with Gasteiger partial charge in [-0.15, -0.1) is 0 Å².